The SMILES string of the molecule is CC1=CC(C)=C(CCC(=O)c2c(C)n(C(C)C3CCN(CC(C)(F)F)C(C)C3)c3ccccc23)C(=O)C1. The molecule has 4 nitrogen and oxygen atoms in total. The minimum atomic E-state index is -2.69. The fourth-order valence-electron chi connectivity index (χ4n) is 6.55. The Morgan fingerprint density at radius 1 is 1.19 bits per heavy atom. The maximum absolute atomic E-state index is 13.6. The summed E-state index contributed by atoms with van der Waals surface area (Å²) in [5.74, 6) is -2.18. The lowest BCUT2D eigenvalue weighted by atomic mass is 9.86. The maximum Gasteiger partial charge on any atom is 0.257 e. The zero-order chi connectivity index (χ0) is 27.1. The standard InChI is InChI=1S/C31H40F2N2O2/c1-19-15-20(2)25(29(37)16-19)11-12-28(36)30-23(5)35(27-10-8-7-9-26(27)30)22(4)24-13-14-34(21(3)17-24)18-31(6,32)33/h7-10,15,21-22,24H,11-14,16-18H2,1-6H3. The van der Waals surface area contributed by atoms with Gasteiger partial charge in [0.25, 0.3) is 5.92 Å². The Hall–Kier alpha value is -2.60. The quantitative estimate of drug-likeness (QED) is 0.346. The summed E-state index contributed by atoms with van der Waals surface area (Å²) in [5.41, 5.74) is 5.53. The monoisotopic (exact) mass is 510 g/mol. The van der Waals surface area contributed by atoms with Crippen LogP contribution < -0.4 is 0 Å². The maximum atomic E-state index is 13.6. The molecule has 0 N–H and O–H groups in total. The van der Waals surface area contributed by atoms with Crippen molar-refractivity contribution < 1.29 is 18.4 Å². The highest BCUT2D eigenvalue weighted by atomic mass is 19.3. The number of carbonyl (C=O) groups excluding carboxylic acids is 2. The summed E-state index contributed by atoms with van der Waals surface area (Å²) in [6.45, 7) is 11.6. The molecule has 1 aliphatic carbocycles. The van der Waals surface area contributed by atoms with Gasteiger partial charge in [0.1, 0.15) is 0 Å². The summed E-state index contributed by atoms with van der Waals surface area (Å²) in [7, 11) is 0. The first-order chi connectivity index (χ1) is 17.4. The van der Waals surface area contributed by atoms with Gasteiger partial charge in [-0.2, -0.15) is 0 Å². The van der Waals surface area contributed by atoms with Crippen LogP contribution in [0.4, 0.5) is 8.78 Å². The minimum absolute atomic E-state index is 0.0624. The number of Topliss-reactive ketones (excluding diaryl/α,β-unsaturated/α-hetero) is 2. The molecule has 1 aromatic carbocycles. The number of nitrogens with zero attached hydrogens (tertiary/aromatic N) is 2. The number of fused-ring (bicyclic) bond motifs is 1. The Balaban J connectivity index is 1.58. The highest BCUT2D eigenvalue weighted by Crippen LogP contribution is 2.38. The van der Waals surface area contributed by atoms with Crippen molar-refractivity contribution in [2.75, 3.05) is 13.1 Å². The van der Waals surface area contributed by atoms with E-state index in [-0.39, 0.29) is 30.2 Å². The largest absolute Gasteiger partial charge is 0.341 e. The predicted molar refractivity (Wildman–Crippen MR) is 145 cm³/mol. The van der Waals surface area contributed by atoms with Crippen molar-refractivity contribution in [1.29, 1.82) is 0 Å². The van der Waals surface area contributed by atoms with E-state index in [0.29, 0.717) is 31.7 Å². The molecule has 37 heavy (non-hydrogen) atoms. The summed E-state index contributed by atoms with van der Waals surface area (Å²) < 4.78 is 29.6. The Bertz CT molecular complexity index is 1260. The Labute approximate surface area is 219 Å². The fourth-order valence-corrected chi connectivity index (χ4v) is 6.55. The van der Waals surface area contributed by atoms with Crippen molar-refractivity contribution in [1.82, 2.24) is 9.47 Å². The van der Waals surface area contributed by atoms with Gasteiger partial charge in [-0.15, -0.1) is 0 Å². The number of para-hydroxylation sites is 1. The molecule has 3 atom stereocenters. The molecule has 1 fully saturated rings. The van der Waals surface area contributed by atoms with E-state index in [0.717, 1.165) is 58.6 Å². The van der Waals surface area contributed by atoms with E-state index in [1.165, 1.54) is 0 Å². The summed E-state index contributed by atoms with van der Waals surface area (Å²) in [5, 5.41) is 0.948. The topological polar surface area (TPSA) is 42.3 Å². The zero-order valence-electron chi connectivity index (χ0n) is 23.0. The Kier molecular flexibility index (Phi) is 7.89. The van der Waals surface area contributed by atoms with Gasteiger partial charge in [0.05, 0.1) is 6.54 Å². The van der Waals surface area contributed by atoms with E-state index >= 15 is 0 Å². The number of likely N-dealkylation sites (tertiary alicyclic amines) is 1. The molecule has 1 aliphatic heterocycles. The van der Waals surface area contributed by atoms with Gasteiger partial charge in [-0.25, -0.2) is 8.78 Å². The number of carbonyl (C=O) groups is 2. The van der Waals surface area contributed by atoms with Crippen LogP contribution >= 0.6 is 0 Å². The number of piperidine rings is 1. The van der Waals surface area contributed by atoms with Gasteiger partial charge < -0.3 is 4.57 Å². The van der Waals surface area contributed by atoms with Crippen LogP contribution in [0.15, 0.2) is 47.1 Å². The molecule has 6 heteroatoms. The molecule has 0 amide bonds. The first-order valence-corrected chi connectivity index (χ1v) is 13.5. The zero-order valence-corrected chi connectivity index (χ0v) is 23.0. The van der Waals surface area contributed by atoms with Crippen LogP contribution in [0.1, 0.15) is 88.8 Å². The second-order valence-electron chi connectivity index (χ2n) is 11.4. The first-order valence-electron chi connectivity index (χ1n) is 13.5. The van der Waals surface area contributed by atoms with E-state index in [9.17, 15) is 18.4 Å². The summed E-state index contributed by atoms with van der Waals surface area (Å²) >= 11 is 0. The van der Waals surface area contributed by atoms with Crippen LogP contribution in [-0.4, -0.2) is 46.1 Å². The third kappa shape index (κ3) is 5.79. The fraction of sp³-hybridized carbons (Fsp3) is 0.548. The van der Waals surface area contributed by atoms with Crippen molar-refractivity contribution >= 4 is 22.5 Å². The number of alkyl halides is 2. The molecule has 4 rings (SSSR count). The lowest BCUT2D eigenvalue weighted by Crippen LogP contribution is -2.46. The number of benzene rings is 1. The van der Waals surface area contributed by atoms with Crippen LogP contribution in [0.3, 0.4) is 0 Å². The first kappa shape index (κ1) is 27.4. The van der Waals surface area contributed by atoms with Crippen LogP contribution in [-0.2, 0) is 4.79 Å². The summed E-state index contributed by atoms with van der Waals surface area (Å²) in [6.07, 6.45) is 4.93. The van der Waals surface area contributed by atoms with Crippen molar-refractivity contribution in [3.63, 3.8) is 0 Å². The molecule has 3 unspecified atom stereocenters. The molecule has 0 saturated carbocycles. The van der Waals surface area contributed by atoms with Gasteiger partial charge in [-0.3, -0.25) is 14.5 Å². The highest BCUT2D eigenvalue weighted by molar-refractivity contribution is 6.10. The van der Waals surface area contributed by atoms with Crippen molar-refractivity contribution in [3.05, 3.63) is 58.3 Å². The Morgan fingerprint density at radius 3 is 2.54 bits per heavy atom. The van der Waals surface area contributed by atoms with E-state index in [1.54, 1.807) is 0 Å². The van der Waals surface area contributed by atoms with Crippen LogP contribution in [0.2, 0.25) is 0 Å². The highest BCUT2D eigenvalue weighted by Gasteiger charge is 2.35. The van der Waals surface area contributed by atoms with E-state index in [4.69, 9.17) is 0 Å². The van der Waals surface area contributed by atoms with Gasteiger partial charge >= 0.3 is 0 Å². The number of hydrogen-bond donors (Lipinski definition) is 0. The van der Waals surface area contributed by atoms with Crippen molar-refractivity contribution in [2.24, 2.45) is 5.92 Å². The average Bonchev–Trinajstić information content (AvgIpc) is 3.10. The summed E-state index contributed by atoms with van der Waals surface area (Å²) in [4.78, 5) is 28.1. The second kappa shape index (κ2) is 10.6. The van der Waals surface area contributed by atoms with Crippen LogP contribution in [0.5, 0.6) is 0 Å². The lowest BCUT2D eigenvalue weighted by molar-refractivity contribution is -0.115. The number of rotatable bonds is 8. The molecule has 0 spiro atoms. The second-order valence-corrected chi connectivity index (χ2v) is 11.4. The Morgan fingerprint density at radius 2 is 1.89 bits per heavy atom. The number of halogens is 2. The summed E-state index contributed by atoms with van der Waals surface area (Å²) in [6, 6.07) is 8.25. The molecular weight excluding hydrogens is 470 g/mol. The molecule has 2 aromatic rings. The molecule has 2 aliphatic rings. The van der Waals surface area contributed by atoms with Crippen molar-refractivity contribution in [3.8, 4) is 0 Å². The molecule has 1 aromatic heterocycles. The van der Waals surface area contributed by atoms with Crippen LogP contribution in [0, 0.1) is 12.8 Å². The minimum Gasteiger partial charge on any atom is -0.341 e. The molecule has 200 valence electrons. The lowest BCUT2D eigenvalue weighted by Gasteiger charge is -2.41. The normalized spacial score (nSPS) is 22.5. The number of aromatic nitrogens is 1. The molecular formula is C31H40F2N2O2. The average molecular weight is 511 g/mol. The van der Waals surface area contributed by atoms with Gasteiger partial charge in [0, 0.05) is 54.0 Å². The smallest absolute Gasteiger partial charge is 0.257 e. The molecule has 1 saturated heterocycles. The third-order valence-corrected chi connectivity index (χ3v) is 8.38. The van der Waals surface area contributed by atoms with Gasteiger partial charge in [-0.05, 0) is 83.6 Å². The van der Waals surface area contributed by atoms with Gasteiger partial charge in [0.15, 0.2) is 11.6 Å². The number of allylic oxidation sites excluding steroid dienone is 4. The molecule has 2 heterocycles. The van der Waals surface area contributed by atoms with Gasteiger partial charge in [0.2, 0.25) is 0 Å². The number of ketones is 2. The predicted octanol–water partition coefficient (Wildman–Crippen LogP) is 7.46. The molecule has 0 radical (unpaired) electrons. The van der Waals surface area contributed by atoms with Crippen LogP contribution in [0.25, 0.3) is 10.9 Å². The van der Waals surface area contributed by atoms with Gasteiger partial charge in [-0.1, -0.05) is 29.8 Å². The van der Waals surface area contributed by atoms with E-state index in [1.807, 2.05) is 56.9 Å². The number of hydrogen-bond acceptors (Lipinski definition) is 3. The van der Waals surface area contributed by atoms with E-state index < -0.39 is 5.92 Å². The molecule has 0 bridgehead atoms. The third-order valence-electron chi connectivity index (χ3n) is 8.38. The van der Waals surface area contributed by atoms with Crippen molar-refractivity contribution in [2.45, 2.75) is 91.7 Å². The van der Waals surface area contributed by atoms with E-state index in [2.05, 4.69) is 17.6 Å².